The highest BCUT2D eigenvalue weighted by Crippen LogP contribution is 2.36. The number of ketones is 1. The fourth-order valence-corrected chi connectivity index (χ4v) is 3.94. The van der Waals surface area contributed by atoms with E-state index in [0.29, 0.717) is 25.6 Å². The van der Waals surface area contributed by atoms with Crippen molar-refractivity contribution in [3.8, 4) is 10.4 Å². The Morgan fingerprint density at radius 1 is 1.08 bits per heavy atom. The van der Waals surface area contributed by atoms with Crippen molar-refractivity contribution in [2.45, 2.75) is 6.92 Å². The van der Waals surface area contributed by atoms with E-state index in [4.69, 9.17) is 11.6 Å². The molecule has 0 fully saturated rings. The quantitative estimate of drug-likeness (QED) is 0.491. The minimum Gasteiger partial charge on any atom is -0.321 e. The Balaban J connectivity index is 1.95. The highest BCUT2D eigenvalue weighted by molar-refractivity contribution is 9.10. The highest BCUT2D eigenvalue weighted by Gasteiger charge is 2.18. The number of anilines is 1. The molecule has 6 heteroatoms. The van der Waals surface area contributed by atoms with Crippen LogP contribution in [0.4, 0.5) is 5.69 Å². The van der Waals surface area contributed by atoms with Gasteiger partial charge in [0.25, 0.3) is 5.91 Å². The summed E-state index contributed by atoms with van der Waals surface area (Å²) < 4.78 is 0.699. The third-order valence-electron chi connectivity index (χ3n) is 3.55. The van der Waals surface area contributed by atoms with Gasteiger partial charge in [-0.2, -0.15) is 0 Å². The van der Waals surface area contributed by atoms with Crippen molar-refractivity contribution in [1.29, 1.82) is 0 Å². The van der Waals surface area contributed by atoms with Crippen LogP contribution in [0.1, 0.15) is 27.0 Å². The normalized spacial score (nSPS) is 10.5. The zero-order valence-electron chi connectivity index (χ0n) is 13.2. The van der Waals surface area contributed by atoms with Gasteiger partial charge in [-0.25, -0.2) is 0 Å². The van der Waals surface area contributed by atoms with E-state index in [1.807, 2.05) is 24.3 Å². The molecule has 126 valence electrons. The van der Waals surface area contributed by atoms with E-state index in [0.717, 1.165) is 10.4 Å². The number of amides is 1. The first-order chi connectivity index (χ1) is 12.0. The number of hydrogen-bond acceptors (Lipinski definition) is 3. The van der Waals surface area contributed by atoms with Gasteiger partial charge in [0.05, 0.1) is 16.1 Å². The molecule has 2 aromatic carbocycles. The van der Waals surface area contributed by atoms with E-state index >= 15 is 0 Å². The van der Waals surface area contributed by atoms with Crippen LogP contribution in [-0.4, -0.2) is 11.7 Å². The second-order valence-electron chi connectivity index (χ2n) is 5.35. The van der Waals surface area contributed by atoms with Crippen LogP contribution in [0.5, 0.6) is 0 Å². The number of hydrogen-bond donors (Lipinski definition) is 1. The molecule has 3 nitrogen and oxygen atoms in total. The fraction of sp³-hybridized carbons (Fsp3) is 0.0526. The predicted octanol–water partition coefficient (Wildman–Crippen LogP) is 6.29. The van der Waals surface area contributed by atoms with Gasteiger partial charge in [-0.15, -0.1) is 11.3 Å². The van der Waals surface area contributed by atoms with Crippen molar-refractivity contribution in [3.63, 3.8) is 0 Å². The van der Waals surface area contributed by atoms with Crippen molar-refractivity contribution in [1.82, 2.24) is 0 Å². The summed E-state index contributed by atoms with van der Waals surface area (Å²) in [6.45, 7) is 1.49. The minimum absolute atomic E-state index is 0.0901. The average Bonchev–Trinajstić information content (AvgIpc) is 3.00. The molecule has 0 bridgehead atoms. The van der Waals surface area contributed by atoms with Crippen LogP contribution in [0.2, 0.25) is 5.02 Å². The zero-order valence-corrected chi connectivity index (χ0v) is 16.3. The number of thiophene rings is 1. The van der Waals surface area contributed by atoms with Crippen molar-refractivity contribution in [2.75, 3.05) is 5.32 Å². The lowest BCUT2D eigenvalue weighted by Crippen LogP contribution is -2.13. The summed E-state index contributed by atoms with van der Waals surface area (Å²) in [5, 5.41) is 3.49. The van der Waals surface area contributed by atoms with E-state index in [9.17, 15) is 9.59 Å². The van der Waals surface area contributed by atoms with Crippen LogP contribution in [0.25, 0.3) is 10.4 Å². The van der Waals surface area contributed by atoms with Gasteiger partial charge in [-0.05, 0) is 51.8 Å². The summed E-state index contributed by atoms with van der Waals surface area (Å²) >= 11 is 10.6. The van der Waals surface area contributed by atoms with Crippen molar-refractivity contribution < 1.29 is 9.59 Å². The van der Waals surface area contributed by atoms with Gasteiger partial charge < -0.3 is 5.32 Å². The van der Waals surface area contributed by atoms with Gasteiger partial charge in [0.2, 0.25) is 0 Å². The lowest BCUT2D eigenvalue weighted by Gasteiger charge is -2.06. The molecule has 0 saturated carbocycles. The fourth-order valence-electron chi connectivity index (χ4n) is 2.34. The molecular formula is C19H13BrClNO2S. The molecule has 0 aliphatic carbocycles. The van der Waals surface area contributed by atoms with E-state index in [-0.39, 0.29) is 11.7 Å². The second kappa shape index (κ2) is 7.52. The minimum atomic E-state index is -0.268. The smallest absolute Gasteiger partial charge is 0.256 e. The first-order valence-electron chi connectivity index (χ1n) is 7.42. The first kappa shape index (κ1) is 17.9. The number of benzene rings is 2. The lowest BCUT2D eigenvalue weighted by molar-refractivity contribution is 0.102. The number of Topliss-reactive ketones (excluding diaryl/α,β-unsaturated/α-hetero) is 1. The number of nitrogens with one attached hydrogen (secondary N) is 1. The number of rotatable bonds is 4. The monoisotopic (exact) mass is 433 g/mol. The number of carbonyl (C=O) groups excluding carboxylic acids is 2. The maximum atomic E-state index is 12.5. The Bertz CT molecular complexity index is 950. The third kappa shape index (κ3) is 4.00. The van der Waals surface area contributed by atoms with Crippen LogP contribution in [0, 0.1) is 0 Å². The molecule has 0 spiro atoms. The van der Waals surface area contributed by atoms with Gasteiger partial charge in [-0.3, -0.25) is 9.59 Å². The van der Waals surface area contributed by atoms with Gasteiger partial charge in [0.1, 0.15) is 0 Å². The molecular weight excluding hydrogens is 422 g/mol. The zero-order chi connectivity index (χ0) is 18.0. The van der Waals surface area contributed by atoms with E-state index in [1.54, 1.807) is 30.3 Å². The summed E-state index contributed by atoms with van der Waals surface area (Å²) in [6.07, 6.45) is 0. The Morgan fingerprint density at radius 3 is 2.40 bits per heavy atom. The maximum Gasteiger partial charge on any atom is 0.256 e. The Morgan fingerprint density at radius 2 is 1.76 bits per heavy atom. The van der Waals surface area contributed by atoms with Crippen LogP contribution in [-0.2, 0) is 0 Å². The molecule has 0 unspecified atom stereocenters. The Kier molecular flexibility index (Phi) is 5.37. The largest absolute Gasteiger partial charge is 0.321 e. The van der Waals surface area contributed by atoms with Gasteiger partial charge in [0.15, 0.2) is 5.78 Å². The summed E-state index contributed by atoms with van der Waals surface area (Å²) in [6, 6.07) is 16.3. The van der Waals surface area contributed by atoms with E-state index < -0.39 is 0 Å². The maximum absolute atomic E-state index is 12.5. The van der Waals surface area contributed by atoms with E-state index in [2.05, 4.69) is 21.2 Å². The average molecular weight is 435 g/mol. The Hall–Kier alpha value is -1.95. The van der Waals surface area contributed by atoms with Gasteiger partial charge in [-0.1, -0.05) is 35.9 Å². The third-order valence-corrected chi connectivity index (χ3v) is 5.78. The molecule has 0 aliphatic heterocycles. The molecule has 0 radical (unpaired) electrons. The molecule has 25 heavy (non-hydrogen) atoms. The van der Waals surface area contributed by atoms with Crippen LogP contribution in [0.3, 0.4) is 0 Å². The molecule has 1 amide bonds. The first-order valence-corrected chi connectivity index (χ1v) is 9.41. The molecule has 3 aromatic rings. The summed E-state index contributed by atoms with van der Waals surface area (Å²) in [5.41, 5.74) is 1.97. The SMILES string of the molecule is CC(=O)c1sc(-c2ccc(Cl)cc2)cc1NC(=O)c1ccccc1Br. The predicted molar refractivity (Wildman–Crippen MR) is 107 cm³/mol. The molecule has 3 rings (SSSR count). The van der Waals surface area contributed by atoms with Gasteiger partial charge >= 0.3 is 0 Å². The topological polar surface area (TPSA) is 46.2 Å². The molecule has 0 saturated heterocycles. The molecule has 1 heterocycles. The molecule has 1 aromatic heterocycles. The standard InChI is InChI=1S/C19H13BrClNO2S/c1-11(23)18-16(22-19(24)14-4-2-3-5-15(14)20)10-17(25-18)12-6-8-13(21)9-7-12/h2-10H,1H3,(H,22,24). The number of carbonyl (C=O) groups is 2. The van der Waals surface area contributed by atoms with Crippen LogP contribution in [0.15, 0.2) is 59.1 Å². The summed E-state index contributed by atoms with van der Waals surface area (Å²) in [7, 11) is 0. The lowest BCUT2D eigenvalue weighted by atomic mass is 10.1. The molecule has 0 atom stereocenters. The highest BCUT2D eigenvalue weighted by atomic mass is 79.9. The van der Waals surface area contributed by atoms with Crippen LogP contribution >= 0.6 is 38.9 Å². The summed E-state index contributed by atoms with van der Waals surface area (Å²) in [4.78, 5) is 25.9. The van der Waals surface area contributed by atoms with E-state index in [1.165, 1.54) is 18.3 Å². The Labute approximate surface area is 162 Å². The van der Waals surface area contributed by atoms with Crippen molar-refractivity contribution in [2.24, 2.45) is 0 Å². The van der Waals surface area contributed by atoms with Crippen molar-refractivity contribution >= 4 is 56.2 Å². The second-order valence-corrected chi connectivity index (χ2v) is 7.69. The molecule has 1 N–H and O–H groups in total. The number of halogens is 2. The van der Waals surface area contributed by atoms with Gasteiger partial charge in [0, 0.05) is 21.3 Å². The van der Waals surface area contributed by atoms with Crippen molar-refractivity contribution in [3.05, 3.63) is 74.5 Å². The van der Waals surface area contributed by atoms with Crippen LogP contribution < -0.4 is 5.32 Å². The molecule has 0 aliphatic rings. The summed E-state index contributed by atoms with van der Waals surface area (Å²) in [5.74, 6) is -0.358.